The second kappa shape index (κ2) is 9.38. The smallest absolute Gasteiger partial charge is 0.264 e. The molecule has 0 radical (unpaired) electrons. The predicted octanol–water partition coefficient (Wildman–Crippen LogP) is 4.03. The third kappa shape index (κ3) is 4.09. The third-order valence-corrected chi connectivity index (χ3v) is 7.51. The van der Waals surface area contributed by atoms with Gasteiger partial charge in [0, 0.05) is 31.2 Å². The van der Waals surface area contributed by atoms with Crippen molar-refractivity contribution in [3.63, 3.8) is 0 Å². The van der Waals surface area contributed by atoms with E-state index >= 15 is 0 Å². The van der Waals surface area contributed by atoms with Crippen LogP contribution in [0.25, 0.3) is 0 Å². The number of anilines is 1. The summed E-state index contributed by atoms with van der Waals surface area (Å²) in [6, 6.07) is 14.8. The number of hydrogen-bond acceptors (Lipinski definition) is 6. The molecular formula is C26H26N4O3S. The van der Waals surface area contributed by atoms with Crippen molar-refractivity contribution in [3.8, 4) is 0 Å². The fourth-order valence-electron chi connectivity index (χ4n) is 4.79. The lowest BCUT2D eigenvalue weighted by Gasteiger charge is -2.34. The summed E-state index contributed by atoms with van der Waals surface area (Å²) >= 11 is 1.43. The first-order chi connectivity index (χ1) is 16.5. The largest absolute Gasteiger partial charge is 0.370 e. The summed E-state index contributed by atoms with van der Waals surface area (Å²) in [6.07, 6.45) is 3.32. The van der Waals surface area contributed by atoms with Gasteiger partial charge in [-0.2, -0.15) is 0 Å². The summed E-state index contributed by atoms with van der Waals surface area (Å²) < 4.78 is 0. The van der Waals surface area contributed by atoms with E-state index in [0.29, 0.717) is 24.2 Å². The summed E-state index contributed by atoms with van der Waals surface area (Å²) in [5.74, 6) is -0.749. The summed E-state index contributed by atoms with van der Waals surface area (Å²) in [5.41, 5.74) is 2.64. The zero-order valence-corrected chi connectivity index (χ0v) is 19.8. The molecule has 1 N–H and O–H groups in total. The quantitative estimate of drug-likeness (QED) is 0.546. The van der Waals surface area contributed by atoms with E-state index in [1.807, 2.05) is 54.8 Å². The van der Waals surface area contributed by atoms with Crippen LogP contribution >= 0.6 is 11.3 Å². The molecular weight excluding hydrogens is 448 g/mol. The van der Waals surface area contributed by atoms with E-state index in [-0.39, 0.29) is 23.6 Å². The molecule has 2 aliphatic heterocycles. The van der Waals surface area contributed by atoms with E-state index in [1.54, 1.807) is 12.3 Å². The van der Waals surface area contributed by atoms with Crippen molar-refractivity contribution in [1.29, 1.82) is 0 Å². The second-order valence-corrected chi connectivity index (χ2v) is 9.64. The number of carbonyl (C=O) groups excluding carboxylic acids is 3. The molecule has 0 spiro atoms. The highest BCUT2D eigenvalue weighted by atomic mass is 32.1. The Bertz CT molecular complexity index is 1210. The SMILES string of the molecule is C[C@H](c1nccs1)N1C(=O)c2cccc(N3CCC[C@H](C(=O)NCc4ccccc4)C3)c2C1=O. The van der Waals surface area contributed by atoms with Crippen LogP contribution in [0.3, 0.4) is 0 Å². The molecule has 174 valence electrons. The summed E-state index contributed by atoms with van der Waals surface area (Å²) in [4.78, 5) is 47.2. The molecule has 34 heavy (non-hydrogen) atoms. The van der Waals surface area contributed by atoms with Crippen LogP contribution in [0.2, 0.25) is 0 Å². The van der Waals surface area contributed by atoms with Crippen LogP contribution in [0.1, 0.15) is 57.1 Å². The fraction of sp³-hybridized carbons (Fsp3) is 0.308. The fourth-order valence-corrected chi connectivity index (χ4v) is 5.48. The van der Waals surface area contributed by atoms with Crippen molar-refractivity contribution in [2.45, 2.75) is 32.4 Å². The number of nitrogens with zero attached hydrogens (tertiary/aromatic N) is 3. The van der Waals surface area contributed by atoms with Gasteiger partial charge in [-0.25, -0.2) is 4.98 Å². The highest BCUT2D eigenvalue weighted by Crippen LogP contribution is 2.37. The Kier molecular flexibility index (Phi) is 6.15. The zero-order valence-electron chi connectivity index (χ0n) is 18.9. The van der Waals surface area contributed by atoms with Crippen LogP contribution in [0.4, 0.5) is 5.69 Å². The van der Waals surface area contributed by atoms with Crippen LogP contribution in [-0.4, -0.2) is 40.7 Å². The molecule has 0 saturated carbocycles. The van der Waals surface area contributed by atoms with Crippen molar-refractivity contribution < 1.29 is 14.4 Å². The highest BCUT2D eigenvalue weighted by Gasteiger charge is 2.42. The molecule has 2 aliphatic rings. The maximum Gasteiger partial charge on any atom is 0.264 e. The number of fused-ring (bicyclic) bond motifs is 1. The minimum atomic E-state index is -0.432. The number of hydrogen-bond donors (Lipinski definition) is 1. The number of imide groups is 1. The summed E-state index contributed by atoms with van der Waals surface area (Å²) in [7, 11) is 0. The van der Waals surface area contributed by atoms with Gasteiger partial charge in [0.25, 0.3) is 11.8 Å². The van der Waals surface area contributed by atoms with E-state index in [9.17, 15) is 14.4 Å². The molecule has 1 fully saturated rings. The van der Waals surface area contributed by atoms with Crippen LogP contribution in [-0.2, 0) is 11.3 Å². The number of carbonyl (C=O) groups is 3. The van der Waals surface area contributed by atoms with Gasteiger partial charge in [-0.05, 0) is 37.5 Å². The Morgan fingerprint density at radius 1 is 1.15 bits per heavy atom. The average Bonchev–Trinajstić information content (AvgIpc) is 3.50. The van der Waals surface area contributed by atoms with Gasteiger partial charge >= 0.3 is 0 Å². The topological polar surface area (TPSA) is 82.6 Å². The molecule has 1 aromatic heterocycles. The number of nitrogens with one attached hydrogen (secondary N) is 1. The van der Waals surface area contributed by atoms with Crippen LogP contribution < -0.4 is 10.2 Å². The Hall–Kier alpha value is -3.52. The summed E-state index contributed by atoms with van der Waals surface area (Å²) in [6.45, 7) is 3.57. The molecule has 0 aliphatic carbocycles. The lowest BCUT2D eigenvalue weighted by atomic mass is 9.95. The number of amides is 3. The van der Waals surface area contributed by atoms with Gasteiger partial charge in [0.2, 0.25) is 5.91 Å². The average molecular weight is 475 g/mol. The molecule has 8 heteroatoms. The van der Waals surface area contributed by atoms with Crippen LogP contribution in [0.15, 0.2) is 60.1 Å². The van der Waals surface area contributed by atoms with Crippen molar-refractivity contribution in [1.82, 2.24) is 15.2 Å². The molecule has 5 rings (SSSR count). The van der Waals surface area contributed by atoms with E-state index in [1.165, 1.54) is 16.2 Å². The molecule has 1 saturated heterocycles. The van der Waals surface area contributed by atoms with Gasteiger partial charge in [-0.15, -0.1) is 11.3 Å². The maximum atomic E-state index is 13.5. The Balaban J connectivity index is 1.34. The van der Waals surface area contributed by atoms with E-state index in [2.05, 4.69) is 15.2 Å². The van der Waals surface area contributed by atoms with Crippen LogP contribution in [0, 0.1) is 5.92 Å². The Morgan fingerprint density at radius 3 is 2.74 bits per heavy atom. The third-order valence-electron chi connectivity index (χ3n) is 6.56. The van der Waals surface area contributed by atoms with Crippen molar-refractivity contribution in [3.05, 3.63) is 81.8 Å². The zero-order chi connectivity index (χ0) is 23.7. The first kappa shape index (κ1) is 22.3. The van der Waals surface area contributed by atoms with Crippen molar-refractivity contribution in [2.24, 2.45) is 5.92 Å². The number of piperidine rings is 1. The van der Waals surface area contributed by atoms with Gasteiger partial charge in [0.05, 0.1) is 28.8 Å². The van der Waals surface area contributed by atoms with Crippen molar-refractivity contribution >= 4 is 34.7 Å². The number of thiazole rings is 1. The van der Waals surface area contributed by atoms with Gasteiger partial charge in [-0.3, -0.25) is 19.3 Å². The lowest BCUT2D eigenvalue weighted by molar-refractivity contribution is -0.125. The maximum absolute atomic E-state index is 13.5. The minimum Gasteiger partial charge on any atom is -0.370 e. The molecule has 2 aromatic carbocycles. The van der Waals surface area contributed by atoms with Crippen molar-refractivity contribution in [2.75, 3.05) is 18.0 Å². The second-order valence-electron chi connectivity index (χ2n) is 8.71. The highest BCUT2D eigenvalue weighted by molar-refractivity contribution is 7.09. The monoisotopic (exact) mass is 474 g/mol. The van der Waals surface area contributed by atoms with Gasteiger partial charge in [0.1, 0.15) is 5.01 Å². The first-order valence-electron chi connectivity index (χ1n) is 11.5. The number of rotatable bonds is 6. The van der Waals surface area contributed by atoms with E-state index in [4.69, 9.17) is 0 Å². The molecule has 2 atom stereocenters. The van der Waals surface area contributed by atoms with Gasteiger partial charge < -0.3 is 10.2 Å². The van der Waals surface area contributed by atoms with Crippen LogP contribution in [0.5, 0.6) is 0 Å². The molecule has 7 nitrogen and oxygen atoms in total. The first-order valence-corrected chi connectivity index (χ1v) is 12.4. The number of benzene rings is 2. The minimum absolute atomic E-state index is 0.0163. The molecule has 0 unspecified atom stereocenters. The summed E-state index contributed by atoms with van der Waals surface area (Å²) in [5, 5.41) is 5.61. The Morgan fingerprint density at radius 2 is 1.97 bits per heavy atom. The van der Waals surface area contributed by atoms with Gasteiger partial charge in [-0.1, -0.05) is 36.4 Å². The standard InChI is InChI=1S/C26H26N4O3S/c1-17(24-27-12-14-34-24)30-25(32)20-10-5-11-21(22(20)26(30)33)29-13-6-9-19(16-29)23(31)28-15-18-7-3-2-4-8-18/h2-5,7-8,10-12,14,17,19H,6,9,13,15-16H2,1H3,(H,28,31)/t17-,19+/m1/s1. The molecule has 3 heterocycles. The predicted molar refractivity (Wildman–Crippen MR) is 131 cm³/mol. The normalized spacial score (nSPS) is 18.7. The lowest BCUT2D eigenvalue weighted by Crippen LogP contribution is -2.43. The van der Waals surface area contributed by atoms with Gasteiger partial charge in [0.15, 0.2) is 0 Å². The molecule has 0 bridgehead atoms. The molecule has 3 amide bonds. The Labute approximate surface area is 202 Å². The molecule has 3 aromatic rings. The number of aromatic nitrogens is 1. The van der Waals surface area contributed by atoms with E-state index < -0.39 is 6.04 Å². The van der Waals surface area contributed by atoms with E-state index in [0.717, 1.165) is 35.6 Å².